The molecule has 61 heavy (non-hydrogen) atoms. The molecule has 330 valence electrons. The van der Waals surface area contributed by atoms with Crippen molar-refractivity contribution < 1.29 is 42.9 Å². The van der Waals surface area contributed by atoms with Crippen molar-refractivity contribution in [3.05, 3.63) is 40.3 Å². The van der Waals surface area contributed by atoms with E-state index in [0.29, 0.717) is 58.0 Å². The lowest BCUT2D eigenvalue weighted by molar-refractivity contribution is -0.141. The molecule has 2 aliphatic heterocycles. The number of carbonyl (C=O) groups is 4. The number of aromatic nitrogens is 2. The number of hydrogen-bond acceptors (Lipinski definition) is 13. The Hall–Kier alpha value is -4.87. The van der Waals surface area contributed by atoms with Crippen molar-refractivity contribution in [1.29, 1.82) is 0 Å². The molecule has 4 N–H and O–H groups in total. The lowest BCUT2D eigenvalue weighted by Crippen LogP contribution is -2.57. The zero-order valence-corrected chi connectivity index (χ0v) is 37.5. The fourth-order valence-electron chi connectivity index (χ4n) is 7.81. The van der Waals surface area contributed by atoms with Gasteiger partial charge in [0.1, 0.15) is 58.7 Å². The van der Waals surface area contributed by atoms with Crippen LogP contribution >= 0.6 is 22.9 Å². The van der Waals surface area contributed by atoms with Gasteiger partial charge in [-0.2, -0.15) is 0 Å². The van der Waals surface area contributed by atoms with Gasteiger partial charge in [-0.1, -0.05) is 37.9 Å². The Balaban J connectivity index is 1.15. The molecule has 4 aliphatic rings. The number of halogens is 1. The highest BCUT2D eigenvalue weighted by Crippen LogP contribution is 2.47. The second kappa shape index (κ2) is 17.5. The molecule has 2 aromatic heterocycles. The number of nitrogens with two attached hydrogens (primary N) is 1. The molecule has 1 unspecified atom stereocenters. The molecular formula is C43H56ClN7O9S. The largest absolute Gasteiger partial charge is 0.490 e. The van der Waals surface area contributed by atoms with E-state index in [1.165, 1.54) is 21.8 Å². The number of ether oxygens (including phenoxy) is 5. The van der Waals surface area contributed by atoms with Crippen molar-refractivity contribution in [2.75, 3.05) is 38.2 Å². The zero-order chi connectivity index (χ0) is 44.0. The van der Waals surface area contributed by atoms with Crippen molar-refractivity contribution in [3.8, 4) is 22.9 Å². The van der Waals surface area contributed by atoms with Crippen molar-refractivity contribution in [3.63, 3.8) is 0 Å². The van der Waals surface area contributed by atoms with Gasteiger partial charge in [-0.25, -0.2) is 19.6 Å². The molecule has 3 aromatic rings. The van der Waals surface area contributed by atoms with E-state index in [9.17, 15) is 19.2 Å². The molecular weight excluding hydrogens is 826 g/mol. The fraction of sp³-hybridized carbons (Fsp3) is 0.581. The number of hydrogen-bond donors (Lipinski definition) is 3. The smallest absolute Gasteiger partial charge is 0.410 e. The number of morpholine rings is 1. The van der Waals surface area contributed by atoms with Crippen LogP contribution in [-0.4, -0.2) is 119 Å². The topological polar surface area (TPSA) is 197 Å². The van der Waals surface area contributed by atoms with Crippen LogP contribution in [0.1, 0.15) is 74.7 Å². The molecule has 0 spiro atoms. The van der Waals surface area contributed by atoms with Crippen LogP contribution < -0.4 is 25.8 Å². The highest BCUT2D eigenvalue weighted by atomic mass is 35.5. The van der Waals surface area contributed by atoms with Gasteiger partial charge in [-0.05, 0) is 77.0 Å². The summed E-state index contributed by atoms with van der Waals surface area (Å²) in [6, 6.07) is 2.92. The third-order valence-electron chi connectivity index (χ3n) is 10.9. The summed E-state index contributed by atoms with van der Waals surface area (Å²) in [7, 11) is 0. The second-order valence-corrected chi connectivity index (χ2v) is 19.7. The number of primary amides is 1. The standard InChI is InChI=1S/C43H56ClN7O9S/c1-22(2)46-39-48-30(21-61-39)29-17-33(28-9-10-32(34(44)35(28)47-29)57-20-25-19-56-12-11-50(25)41(55)60-43(6,7)8)58-27-16-31(37(45)52)51(18-27)38(53)36(42(3,4)5)49-40(54)59-26-14-23-13-24(23)15-26/h9-10,14,17,21-22,24-27,31,36H,11-13,15-16,18-20H2,1-8H3,(H2,45,52)(H,46,48)(H,49,54)/t24-,25+,26-,27?,31+,36-/m1/s1. The van der Waals surface area contributed by atoms with Crippen molar-refractivity contribution in [2.24, 2.45) is 17.1 Å². The molecule has 2 saturated heterocycles. The highest BCUT2D eigenvalue weighted by Gasteiger charge is 2.46. The lowest BCUT2D eigenvalue weighted by Gasteiger charge is -2.36. The van der Waals surface area contributed by atoms with Crippen LogP contribution in [0.15, 0.2) is 35.2 Å². The summed E-state index contributed by atoms with van der Waals surface area (Å²) in [6.45, 7) is 16.0. The average Bonchev–Trinajstić information content (AvgIpc) is 3.48. The van der Waals surface area contributed by atoms with E-state index in [-0.39, 0.29) is 43.3 Å². The van der Waals surface area contributed by atoms with Gasteiger partial charge in [0.05, 0.1) is 37.0 Å². The first-order valence-corrected chi connectivity index (χ1v) is 22.0. The third kappa shape index (κ3) is 10.4. The van der Waals surface area contributed by atoms with E-state index in [1.54, 1.807) is 23.1 Å². The molecule has 2 aliphatic carbocycles. The molecule has 4 heterocycles. The lowest BCUT2D eigenvalue weighted by atomic mass is 9.85. The predicted octanol–water partition coefficient (Wildman–Crippen LogP) is 6.54. The number of nitrogens with one attached hydrogen (secondary N) is 2. The third-order valence-corrected chi connectivity index (χ3v) is 12.0. The van der Waals surface area contributed by atoms with Crippen LogP contribution in [0.3, 0.4) is 0 Å². The monoisotopic (exact) mass is 881 g/mol. The first-order chi connectivity index (χ1) is 28.7. The molecule has 7 rings (SSSR count). The number of likely N-dealkylation sites (tertiary alicyclic amines) is 1. The summed E-state index contributed by atoms with van der Waals surface area (Å²) >= 11 is 8.53. The summed E-state index contributed by atoms with van der Waals surface area (Å²) in [5, 5.41) is 9.44. The predicted molar refractivity (Wildman–Crippen MR) is 231 cm³/mol. The minimum atomic E-state index is -1.02. The van der Waals surface area contributed by atoms with E-state index in [0.717, 1.165) is 12.8 Å². The SMILES string of the molecule is CC(C)Nc1nc(-c2cc(OC3C[C@@H](C(N)=O)N(C(=O)[C@@H](NC(=O)O[C@@H]4C=C5C[C@@H]5C4)C(C)(C)C)C3)c3ccc(OC[C@@H]4COCCN4C(=O)OC(C)(C)C)c(Cl)c3n2)cs1. The van der Waals surface area contributed by atoms with E-state index >= 15 is 0 Å². The van der Waals surface area contributed by atoms with Crippen molar-refractivity contribution in [1.82, 2.24) is 25.1 Å². The number of thiazole rings is 1. The number of alkyl carbamates (subject to hydrolysis) is 1. The quantitative estimate of drug-likeness (QED) is 0.167. The average molecular weight is 882 g/mol. The van der Waals surface area contributed by atoms with Crippen molar-refractivity contribution >= 4 is 63.0 Å². The maximum absolute atomic E-state index is 14.3. The summed E-state index contributed by atoms with van der Waals surface area (Å²) in [5.74, 6) is 0.0252. The summed E-state index contributed by atoms with van der Waals surface area (Å²) in [4.78, 5) is 66.1. The zero-order valence-electron chi connectivity index (χ0n) is 35.9. The minimum absolute atomic E-state index is 0.0109. The van der Waals surface area contributed by atoms with Gasteiger partial charge >= 0.3 is 12.2 Å². The van der Waals surface area contributed by atoms with Gasteiger partial charge in [0.2, 0.25) is 11.8 Å². The number of carbonyl (C=O) groups excluding carboxylic acids is 4. The number of anilines is 1. The highest BCUT2D eigenvalue weighted by molar-refractivity contribution is 7.14. The minimum Gasteiger partial charge on any atom is -0.490 e. The maximum atomic E-state index is 14.3. The second-order valence-electron chi connectivity index (χ2n) is 18.5. The molecule has 16 nitrogen and oxygen atoms in total. The van der Waals surface area contributed by atoms with Gasteiger partial charge in [0.25, 0.3) is 0 Å². The molecule has 3 fully saturated rings. The Morgan fingerprint density at radius 3 is 2.49 bits per heavy atom. The van der Waals surface area contributed by atoms with Gasteiger partial charge < -0.3 is 45.0 Å². The van der Waals surface area contributed by atoms with Gasteiger partial charge in [0.15, 0.2) is 5.13 Å². The van der Waals surface area contributed by atoms with E-state index < -0.39 is 59.2 Å². The molecule has 4 amide bonds. The molecule has 1 saturated carbocycles. The van der Waals surface area contributed by atoms with Crippen LogP contribution in [-0.2, 0) is 23.8 Å². The first-order valence-electron chi connectivity index (χ1n) is 20.7. The van der Waals surface area contributed by atoms with Crippen LogP contribution in [0.4, 0.5) is 14.7 Å². The van der Waals surface area contributed by atoms with Crippen molar-refractivity contribution in [2.45, 2.75) is 117 Å². The Morgan fingerprint density at radius 1 is 1.05 bits per heavy atom. The number of benzene rings is 1. The number of amides is 4. The van der Waals surface area contributed by atoms with Gasteiger partial charge in [0, 0.05) is 35.8 Å². The van der Waals surface area contributed by atoms with E-state index in [4.69, 9.17) is 51.0 Å². The van der Waals surface area contributed by atoms with Crippen LogP contribution in [0, 0.1) is 11.3 Å². The Kier molecular flexibility index (Phi) is 12.7. The summed E-state index contributed by atoms with van der Waals surface area (Å²) in [5.41, 5.74) is 7.22. The Bertz CT molecular complexity index is 2200. The molecule has 18 heteroatoms. The number of rotatable bonds is 12. The molecule has 1 aromatic carbocycles. The Labute approximate surface area is 364 Å². The Morgan fingerprint density at radius 2 is 1.82 bits per heavy atom. The fourth-order valence-corrected chi connectivity index (χ4v) is 8.92. The van der Waals surface area contributed by atoms with E-state index in [1.807, 2.05) is 66.8 Å². The molecule has 6 atom stereocenters. The summed E-state index contributed by atoms with van der Waals surface area (Å²) in [6.07, 6.45) is 1.71. The number of pyridine rings is 1. The maximum Gasteiger partial charge on any atom is 0.410 e. The molecule has 0 radical (unpaired) electrons. The number of nitrogens with zero attached hydrogens (tertiary/aromatic N) is 4. The normalized spacial score (nSPS) is 23.0. The van der Waals surface area contributed by atoms with Gasteiger partial charge in [-0.15, -0.1) is 11.3 Å². The van der Waals surface area contributed by atoms with E-state index in [2.05, 4.69) is 10.6 Å². The van der Waals surface area contributed by atoms with Gasteiger partial charge in [-0.3, -0.25) is 14.5 Å². The summed E-state index contributed by atoms with van der Waals surface area (Å²) < 4.78 is 29.9. The number of allylic oxidation sites excluding steroid dienone is 1. The first kappa shape index (κ1) is 44.2. The van der Waals surface area contributed by atoms with Crippen LogP contribution in [0.2, 0.25) is 5.02 Å². The van der Waals surface area contributed by atoms with Crippen LogP contribution in [0.5, 0.6) is 11.5 Å². The van der Waals surface area contributed by atoms with Crippen LogP contribution in [0.25, 0.3) is 22.3 Å². The number of fused-ring (bicyclic) bond motifs is 2. The molecule has 0 bridgehead atoms.